The largest absolute Gasteiger partial charge is 0.462 e. The Morgan fingerprint density at radius 3 is 2.19 bits per heavy atom. The summed E-state index contributed by atoms with van der Waals surface area (Å²) in [6, 6.07) is 19.7. The maximum Gasteiger partial charge on any atom is 0.373 e. The molecular weight excluding hydrogens is 394 g/mol. The number of pyridine rings is 1. The topological polar surface area (TPSA) is 102 Å². The van der Waals surface area contributed by atoms with Crippen LogP contribution in [0, 0.1) is 0 Å². The molecule has 4 rings (SSSR count). The number of H-pyrrole nitrogens is 1. The lowest BCUT2D eigenvalue weighted by molar-refractivity contribution is -0.191. The molecular formula is C24H21N3O4. The smallest absolute Gasteiger partial charge is 0.373 e. The van der Waals surface area contributed by atoms with Crippen molar-refractivity contribution in [2.24, 2.45) is 0 Å². The standard InChI is InChI=1S/C23H21N3O2.CO2/c1-3-15-5-7-17(8-6-15)21-19-13-14-20(24-22(19)26-25-21)16-9-11-18(12-10-16)23(27)28-4-2;2-1-3/h5-14H,3-4H2,1-2H3,(H,24,25,26);. The molecule has 2 aromatic heterocycles. The zero-order valence-corrected chi connectivity index (χ0v) is 17.2. The van der Waals surface area contributed by atoms with E-state index in [1.807, 2.05) is 24.3 Å². The lowest BCUT2D eigenvalue weighted by Crippen LogP contribution is -2.04. The van der Waals surface area contributed by atoms with Crippen LogP contribution in [0.2, 0.25) is 0 Å². The predicted molar refractivity (Wildman–Crippen MR) is 115 cm³/mol. The molecule has 156 valence electrons. The van der Waals surface area contributed by atoms with Gasteiger partial charge in [-0.15, -0.1) is 0 Å². The molecule has 0 aliphatic heterocycles. The average Bonchev–Trinajstić information content (AvgIpc) is 3.23. The molecule has 4 aromatic rings. The number of hydrogen-bond donors (Lipinski definition) is 1. The Bertz CT molecular complexity index is 1210. The summed E-state index contributed by atoms with van der Waals surface area (Å²) in [7, 11) is 0. The summed E-state index contributed by atoms with van der Waals surface area (Å²) in [4.78, 5) is 32.7. The second kappa shape index (κ2) is 10.1. The maximum absolute atomic E-state index is 11.8. The van der Waals surface area contributed by atoms with Gasteiger partial charge in [0, 0.05) is 16.5 Å². The highest BCUT2D eigenvalue weighted by molar-refractivity contribution is 5.92. The van der Waals surface area contributed by atoms with E-state index in [0.717, 1.165) is 34.3 Å². The van der Waals surface area contributed by atoms with E-state index in [9.17, 15) is 4.79 Å². The molecule has 7 heteroatoms. The first-order valence-electron chi connectivity index (χ1n) is 9.82. The van der Waals surface area contributed by atoms with Crippen LogP contribution in [0.1, 0.15) is 29.8 Å². The van der Waals surface area contributed by atoms with E-state index in [2.05, 4.69) is 46.4 Å². The average molecular weight is 415 g/mol. The Kier molecular flexibility index (Phi) is 7.04. The van der Waals surface area contributed by atoms with Crippen LogP contribution < -0.4 is 0 Å². The third-order valence-electron chi connectivity index (χ3n) is 4.76. The van der Waals surface area contributed by atoms with Crippen LogP contribution in [-0.2, 0) is 20.7 Å². The minimum absolute atomic E-state index is 0.250. The lowest BCUT2D eigenvalue weighted by atomic mass is 10.0. The molecule has 31 heavy (non-hydrogen) atoms. The molecule has 0 fully saturated rings. The number of hydrogen-bond acceptors (Lipinski definition) is 6. The van der Waals surface area contributed by atoms with Crippen molar-refractivity contribution < 1.29 is 19.1 Å². The van der Waals surface area contributed by atoms with Crippen molar-refractivity contribution >= 4 is 23.2 Å². The van der Waals surface area contributed by atoms with Gasteiger partial charge in [0.1, 0.15) is 0 Å². The fraction of sp³-hybridized carbons (Fsp3) is 0.167. The van der Waals surface area contributed by atoms with Gasteiger partial charge in [-0.3, -0.25) is 5.10 Å². The highest BCUT2D eigenvalue weighted by atomic mass is 16.5. The fourth-order valence-corrected chi connectivity index (χ4v) is 3.18. The highest BCUT2D eigenvalue weighted by Crippen LogP contribution is 2.28. The molecule has 0 spiro atoms. The summed E-state index contributed by atoms with van der Waals surface area (Å²) in [5.74, 6) is -0.316. The van der Waals surface area contributed by atoms with Gasteiger partial charge in [-0.25, -0.2) is 9.78 Å². The SMILES string of the molecule is CCOC(=O)c1ccc(-c2ccc3c(-c4ccc(CC)cc4)[nH]nc3n2)cc1.O=C=O. The van der Waals surface area contributed by atoms with Crippen molar-refractivity contribution in [3.8, 4) is 22.5 Å². The number of rotatable bonds is 5. The number of nitrogens with zero attached hydrogens (tertiary/aromatic N) is 2. The molecule has 2 aromatic carbocycles. The molecule has 0 amide bonds. The zero-order valence-electron chi connectivity index (χ0n) is 17.2. The number of aryl methyl sites for hydroxylation is 1. The first-order chi connectivity index (χ1) is 15.1. The van der Waals surface area contributed by atoms with Gasteiger partial charge in [0.25, 0.3) is 0 Å². The number of nitrogens with one attached hydrogen (secondary N) is 1. The van der Waals surface area contributed by atoms with E-state index in [4.69, 9.17) is 14.3 Å². The number of ether oxygens (including phenoxy) is 1. The van der Waals surface area contributed by atoms with E-state index < -0.39 is 0 Å². The number of esters is 1. The quantitative estimate of drug-likeness (QED) is 0.483. The van der Waals surface area contributed by atoms with Gasteiger partial charge < -0.3 is 4.74 Å². The zero-order chi connectivity index (χ0) is 22.2. The number of aromatic amines is 1. The van der Waals surface area contributed by atoms with E-state index in [0.29, 0.717) is 17.8 Å². The Labute approximate surface area is 179 Å². The van der Waals surface area contributed by atoms with Crippen LogP contribution in [0.3, 0.4) is 0 Å². The highest BCUT2D eigenvalue weighted by Gasteiger charge is 2.11. The molecule has 0 aliphatic carbocycles. The van der Waals surface area contributed by atoms with E-state index in [1.165, 1.54) is 5.56 Å². The number of fused-ring (bicyclic) bond motifs is 1. The van der Waals surface area contributed by atoms with Crippen molar-refractivity contribution in [3.05, 3.63) is 71.8 Å². The second-order valence-corrected chi connectivity index (χ2v) is 6.60. The molecule has 7 nitrogen and oxygen atoms in total. The van der Waals surface area contributed by atoms with Crippen molar-refractivity contribution in [1.29, 1.82) is 0 Å². The van der Waals surface area contributed by atoms with E-state index in [1.54, 1.807) is 19.1 Å². The van der Waals surface area contributed by atoms with Gasteiger partial charge in [0.05, 0.1) is 23.6 Å². The van der Waals surface area contributed by atoms with Crippen LogP contribution in [0.5, 0.6) is 0 Å². The third kappa shape index (κ3) is 4.91. The molecule has 0 saturated heterocycles. The normalized spacial score (nSPS) is 10.1. The summed E-state index contributed by atoms with van der Waals surface area (Å²) in [6.07, 6.45) is 1.27. The number of aromatic nitrogens is 3. The van der Waals surface area contributed by atoms with Crippen LogP contribution in [0.25, 0.3) is 33.5 Å². The lowest BCUT2D eigenvalue weighted by Gasteiger charge is -2.04. The summed E-state index contributed by atoms with van der Waals surface area (Å²) < 4.78 is 5.02. The predicted octanol–water partition coefficient (Wildman–Crippen LogP) is 4.45. The Hall–Kier alpha value is -4.09. The van der Waals surface area contributed by atoms with Gasteiger partial charge in [-0.1, -0.05) is 43.3 Å². The molecule has 1 N–H and O–H groups in total. The van der Waals surface area contributed by atoms with Gasteiger partial charge >= 0.3 is 12.1 Å². The summed E-state index contributed by atoms with van der Waals surface area (Å²) in [6.45, 7) is 4.30. The summed E-state index contributed by atoms with van der Waals surface area (Å²) >= 11 is 0. The summed E-state index contributed by atoms with van der Waals surface area (Å²) in [5.41, 5.74) is 6.29. The molecule has 0 unspecified atom stereocenters. The van der Waals surface area contributed by atoms with Crippen molar-refractivity contribution in [2.75, 3.05) is 6.61 Å². The van der Waals surface area contributed by atoms with Crippen molar-refractivity contribution in [2.45, 2.75) is 20.3 Å². The minimum Gasteiger partial charge on any atom is -0.462 e. The number of carbonyl (C=O) groups excluding carboxylic acids is 3. The van der Waals surface area contributed by atoms with Gasteiger partial charge in [-0.05, 0) is 43.2 Å². The van der Waals surface area contributed by atoms with Gasteiger partial charge in [0.2, 0.25) is 0 Å². The van der Waals surface area contributed by atoms with Crippen molar-refractivity contribution in [1.82, 2.24) is 15.2 Å². The Morgan fingerprint density at radius 2 is 1.58 bits per heavy atom. The first kappa shape index (κ1) is 21.6. The number of carbonyl (C=O) groups is 1. The molecule has 0 bridgehead atoms. The molecule has 2 heterocycles. The van der Waals surface area contributed by atoms with Crippen LogP contribution >= 0.6 is 0 Å². The van der Waals surface area contributed by atoms with E-state index >= 15 is 0 Å². The molecule has 0 aliphatic rings. The second-order valence-electron chi connectivity index (χ2n) is 6.60. The fourth-order valence-electron chi connectivity index (χ4n) is 3.18. The molecule has 0 saturated carbocycles. The maximum atomic E-state index is 11.8. The van der Waals surface area contributed by atoms with Crippen LogP contribution in [0.15, 0.2) is 60.7 Å². The van der Waals surface area contributed by atoms with Gasteiger partial charge in [-0.2, -0.15) is 14.7 Å². The van der Waals surface area contributed by atoms with Gasteiger partial charge in [0.15, 0.2) is 5.65 Å². The van der Waals surface area contributed by atoms with Crippen LogP contribution in [-0.4, -0.2) is 33.9 Å². The monoisotopic (exact) mass is 415 g/mol. The Morgan fingerprint density at radius 1 is 0.935 bits per heavy atom. The van der Waals surface area contributed by atoms with Crippen molar-refractivity contribution in [3.63, 3.8) is 0 Å². The first-order valence-corrected chi connectivity index (χ1v) is 9.82. The third-order valence-corrected chi connectivity index (χ3v) is 4.76. The minimum atomic E-state index is -0.316. The molecule has 0 radical (unpaired) electrons. The van der Waals surface area contributed by atoms with Crippen LogP contribution in [0.4, 0.5) is 0 Å². The van der Waals surface area contributed by atoms with E-state index in [-0.39, 0.29) is 12.1 Å². The molecule has 0 atom stereocenters. The summed E-state index contributed by atoms with van der Waals surface area (Å²) in [5, 5.41) is 8.48. The number of benzene rings is 2. The Balaban J connectivity index is 0.000000858.